The number of carboxylic acids is 1. The van der Waals surface area contributed by atoms with Crippen molar-refractivity contribution in [3.8, 4) is 0 Å². The van der Waals surface area contributed by atoms with E-state index >= 15 is 0 Å². The van der Waals surface area contributed by atoms with Gasteiger partial charge in [-0.25, -0.2) is 0 Å². The van der Waals surface area contributed by atoms with Gasteiger partial charge >= 0.3 is 5.97 Å². The Bertz CT molecular complexity index is 484. The molecular weight excluding hydrogens is 242 g/mol. The van der Waals surface area contributed by atoms with Gasteiger partial charge < -0.3 is 10.4 Å². The van der Waals surface area contributed by atoms with Crippen molar-refractivity contribution in [2.24, 2.45) is 5.92 Å². The lowest BCUT2D eigenvalue weighted by molar-refractivity contribution is -0.142. The summed E-state index contributed by atoms with van der Waals surface area (Å²) in [7, 11) is 0. The van der Waals surface area contributed by atoms with Crippen LogP contribution in [0.25, 0.3) is 0 Å². The predicted molar refractivity (Wildman–Crippen MR) is 71.8 cm³/mol. The molecule has 2 rings (SSSR count). The van der Waals surface area contributed by atoms with E-state index in [2.05, 4.69) is 5.32 Å². The number of amides is 1. The van der Waals surface area contributed by atoms with Gasteiger partial charge in [0.05, 0.1) is 12.3 Å². The molecular formula is C15H19NO3. The fourth-order valence-electron chi connectivity index (χ4n) is 2.67. The second-order valence-electron chi connectivity index (χ2n) is 5.15. The molecule has 1 aromatic carbocycles. The number of benzene rings is 1. The van der Waals surface area contributed by atoms with Gasteiger partial charge in [0.2, 0.25) is 5.91 Å². The van der Waals surface area contributed by atoms with Crippen LogP contribution in [-0.2, 0) is 16.0 Å². The molecule has 2 unspecified atom stereocenters. The maximum absolute atomic E-state index is 12.0. The SMILES string of the molecule is Cc1ccccc1CC(=O)NC1CCCC1C(=O)O. The molecule has 2 N–H and O–H groups in total. The summed E-state index contributed by atoms with van der Waals surface area (Å²) in [4.78, 5) is 23.0. The average Bonchev–Trinajstić information content (AvgIpc) is 2.80. The van der Waals surface area contributed by atoms with Gasteiger partial charge in [-0.1, -0.05) is 30.7 Å². The van der Waals surface area contributed by atoms with Crippen LogP contribution in [0.2, 0.25) is 0 Å². The minimum atomic E-state index is -0.807. The number of carbonyl (C=O) groups excluding carboxylic acids is 1. The summed E-state index contributed by atoms with van der Waals surface area (Å²) in [5.41, 5.74) is 2.07. The van der Waals surface area contributed by atoms with Gasteiger partial charge in [0.15, 0.2) is 0 Å². The Morgan fingerprint density at radius 3 is 2.74 bits per heavy atom. The smallest absolute Gasteiger partial charge is 0.308 e. The van der Waals surface area contributed by atoms with Crippen molar-refractivity contribution in [3.05, 3.63) is 35.4 Å². The lowest BCUT2D eigenvalue weighted by Crippen LogP contribution is -2.40. The molecule has 0 saturated heterocycles. The van der Waals surface area contributed by atoms with E-state index in [0.717, 1.165) is 24.0 Å². The van der Waals surface area contributed by atoms with E-state index in [1.54, 1.807) is 0 Å². The molecule has 4 nitrogen and oxygen atoms in total. The molecule has 0 aromatic heterocycles. The van der Waals surface area contributed by atoms with Gasteiger partial charge in [-0.3, -0.25) is 9.59 Å². The molecule has 102 valence electrons. The summed E-state index contributed by atoms with van der Waals surface area (Å²) in [6, 6.07) is 7.53. The van der Waals surface area contributed by atoms with Gasteiger partial charge in [0.25, 0.3) is 0 Å². The summed E-state index contributed by atoms with van der Waals surface area (Å²) >= 11 is 0. The normalized spacial score (nSPS) is 22.2. The summed E-state index contributed by atoms with van der Waals surface area (Å²) < 4.78 is 0. The standard InChI is InChI=1S/C15H19NO3/c1-10-5-2-3-6-11(10)9-14(17)16-13-8-4-7-12(13)15(18)19/h2-3,5-6,12-13H,4,7-9H2,1H3,(H,16,17)(H,18,19). The summed E-state index contributed by atoms with van der Waals surface area (Å²) in [6.45, 7) is 1.97. The predicted octanol–water partition coefficient (Wildman–Crippen LogP) is 1.91. The van der Waals surface area contributed by atoms with Crippen LogP contribution in [0, 0.1) is 12.8 Å². The zero-order valence-corrected chi connectivity index (χ0v) is 11.1. The summed E-state index contributed by atoms with van der Waals surface area (Å²) in [6.07, 6.45) is 2.60. The first-order valence-corrected chi connectivity index (χ1v) is 6.64. The lowest BCUT2D eigenvalue weighted by Gasteiger charge is -2.17. The van der Waals surface area contributed by atoms with E-state index in [0.29, 0.717) is 12.8 Å². The van der Waals surface area contributed by atoms with Crippen molar-refractivity contribution in [1.82, 2.24) is 5.32 Å². The van der Waals surface area contributed by atoms with E-state index in [4.69, 9.17) is 5.11 Å². The zero-order valence-electron chi connectivity index (χ0n) is 11.1. The van der Waals surface area contributed by atoms with Gasteiger partial charge in [-0.15, -0.1) is 0 Å². The number of aryl methyl sites for hydroxylation is 1. The van der Waals surface area contributed by atoms with E-state index in [9.17, 15) is 9.59 Å². The Morgan fingerprint density at radius 2 is 2.05 bits per heavy atom. The fraction of sp³-hybridized carbons (Fsp3) is 0.467. The number of hydrogen-bond acceptors (Lipinski definition) is 2. The van der Waals surface area contributed by atoms with Crippen molar-refractivity contribution in [2.45, 2.75) is 38.6 Å². The Hall–Kier alpha value is -1.84. The van der Waals surface area contributed by atoms with Gasteiger partial charge in [0, 0.05) is 6.04 Å². The van der Waals surface area contributed by atoms with Gasteiger partial charge in [0.1, 0.15) is 0 Å². The molecule has 1 aliphatic rings. The third-order valence-electron chi connectivity index (χ3n) is 3.79. The number of nitrogens with one attached hydrogen (secondary N) is 1. The van der Waals surface area contributed by atoms with E-state index in [1.165, 1.54) is 0 Å². The summed E-state index contributed by atoms with van der Waals surface area (Å²) in [5, 5.41) is 11.9. The van der Waals surface area contributed by atoms with Crippen LogP contribution in [0.15, 0.2) is 24.3 Å². The Morgan fingerprint density at radius 1 is 1.32 bits per heavy atom. The quantitative estimate of drug-likeness (QED) is 0.870. The van der Waals surface area contributed by atoms with Crippen LogP contribution in [-0.4, -0.2) is 23.0 Å². The highest BCUT2D eigenvalue weighted by molar-refractivity contribution is 5.80. The van der Waals surface area contributed by atoms with Crippen molar-refractivity contribution >= 4 is 11.9 Å². The number of hydrogen-bond donors (Lipinski definition) is 2. The van der Waals surface area contributed by atoms with Crippen LogP contribution in [0.1, 0.15) is 30.4 Å². The molecule has 1 aliphatic carbocycles. The van der Waals surface area contributed by atoms with Crippen LogP contribution >= 0.6 is 0 Å². The molecule has 0 radical (unpaired) electrons. The molecule has 2 atom stereocenters. The molecule has 19 heavy (non-hydrogen) atoms. The lowest BCUT2D eigenvalue weighted by atomic mass is 10.0. The highest BCUT2D eigenvalue weighted by Gasteiger charge is 2.33. The first kappa shape index (κ1) is 13.6. The van der Waals surface area contributed by atoms with Crippen molar-refractivity contribution < 1.29 is 14.7 Å². The molecule has 1 saturated carbocycles. The number of carboxylic acid groups (broad SMARTS) is 1. The van der Waals surface area contributed by atoms with E-state index in [-0.39, 0.29) is 11.9 Å². The minimum Gasteiger partial charge on any atom is -0.481 e. The Labute approximate surface area is 112 Å². The first-order valence-electron chi connectivity index (χ1n) is 6.64. The highest BCUT2D eigenvalue weighted by atomic mass is 16.4. The molecule has 1 aromatic rings. The molecule has 0 heterocycles. The maximum Gasteiger partial charge on any atom is 0.308 e. The molecule has 1 fully saturated rings. The molecule has 4 heteroatoms. The Kier molecular flexibility index (Phi) is 4.20. The topological polar surface area (TPSA) is 66.4 Å². The van der Waals surface area contributed by atoms with Crippen LogP contribution in [0.3, 0.4) is 0 Å². The number of aliphatic carboxylic acids is 1. The van der Waals surface area contributed by atoms with E-state index < -0.39 is 11.9 Å². The van der Waals surface area contributed by atoms with Gasteiger partial charge in [-0.2, -0.15) is 0 Å². The molecule has 1 amide bonds. The minimum absolute atomic E-state index is 0.0903. The number of rotatable bonds is 4. The fourth-order valence-corrected chi connectivity index (χ4v) is 2.67. The maximum atomic E-state index is 12.0. The van der Waals surface area contributed by atoms with Crippen molar-refractivity contribution in [1.29, 1.82) is 0 Å². The largest absolute Gasteiger partial charge is 0.481 e. The average molecular weight is 261 g/mol. The second-order valence-corrected chi connectivity index (χ2v) is 5.15. The van der Waals surface area contributed by atoms with Gasteiger partial charge in [-0.05, 0) is 30.9 Å². The van der Waals surface area contributed by atoms with E-state index in [1.807, 2.05) is 31.2 Å². The monoisotopic (exact) mass is 261 g/mol. The van der Waals surface area contributed by atoms with Crippen LogP contribution < -0.4 is 5.32 Å². The molecule has 0 spiro atoms. The third kappa shape index (κ3) is 3.34. The molecule has 0 aliphatic heterocycles. The first-order chi connectivity index (χ1) is 9.08. The van der Waals surface area contributed by atoms with Crippen molar-refractivity contribution in [3.63, 3.8) is 0 Å². The Balaban J connectivity index is 1.95. The van der Waals surface area contributed by atoms with Crippen LogP contribution in [0.4, 0.5) is 0 Å². The summed E-state index contributed by atoms with van der Waals surface area (Å²) in [5.74, 6) is -1.33. The van der Waals surface area contributed by atoms with Crippen LogP contribution in [0.5, 0.6) is 0 Å². The third-order valence-corrected chi connectivity index (χ3v) is 3.79. The highest BCUT2D eigenvalue weighted by Crippen LogP contribution is 2.25. The van der Waals surface area contributed by atoms with Crippen molar-refractivity contribution in [2.75, 3.05) is 0 Å². The zero-order chi connectivity index (χ0) is 13.8. The second kappa shape index (κ2) is 5.87. The number of carbonyl (C=O) groups is 2. The molecule has 0 bridgehead atoms.